The minimum Gasteiger partial charge on any atom is -0.497 e. The van der Waals surface area contributed by atoms with Crippen molar-refractivity contribution < 1.29 is 9.47 Å². The van der Waals surface area contributed by atoms with Crippen molar-refractivity contribution in [2.24, 2.45) is 5.10 Å². The third-order valence-corrected chi connectivity index (χ3v) is 5.11. The Bertz CT molecular complexity index is 971. The molecule has 0 fully saturated rings. The van der Waals surface area contributed by atoms with E-state index in [1.165, 1.54) is 11.1 Å². The van der Waals surface area contributed by atoms with Crippen molar-refractivity contribution in [3.63, 3.8) is 0 Å². The van der Waals surface area contributed by atoms with Gasteiger partial charge in [0.25, 0.3) is 0 Å². The average Bonchev–Trinajstić information content (AvgIpc) is 3.18. The number of aromatic amines is 1. The van der Waals surface area contributed by atoms with Gasteiger partial charge in [0.05, 0.1) is 19.9 Å². The number of aromatic nitrogens is 3. The molecule has 146 valence electrons. The monoisotopic (exact) mass is 397 g/mol. The van der Waals surface area contributed by atoms with Crippen LogP contribution in [-0.4, -0.2) is 35.1 Å². The third-order valence-electron chi connectivity index (χ3n) is 4.21. The lowest BCUT2D eigenvalue weighted by molar-refractivity contribution is 0.394. The summed E-state index contributed by atoms with van der Waals surface area (Å²) in [4.78, 5) is 4.42. The van der Waals surface area contributed by atoms with E-state index in [1.807, 2.05) is 37.3 Å². The molecule has 0 saturated heterocycles. The maximum absolute atomic E-state index is 5.42. The maximum Gasteiger partial charge on any atom is 0.240 e. The van der Waals surface area contributed by atoms with Crippen molar-refractivity contribution in [1.82, 2.24) is 15.2 Å². The van der Waals surface area contributed by atoms with Gasteiger partial charge >= 0.3 is 0 Å². The van der Waals surface area contributed by atoms with Gasteiger partial charge in [-0.05, 0) is 37.1 Å². The molecule has 7 nitrogen and oxygen atoms in total. The quantitative estimate of drug-likeness (QED) is 0.336. The number of methoxy groups -OCH3 is 2. The maximum atomic E-state index is 5.42. The standard InChI is InChI=1S/C20H23N5O2S/c1-13-7-5-6-8-15(13)12-28-20-21-19(24-25-20)23-22-14(2)17-10-9-16(26-3)11-18(17)27-4/h5-11H,12H2,1-4H3,(H2,21,23,24,25)/b22-14-. The van der Waals surface area contributed by atoms with Gasteiger partial charge < -0.3 is 9.47 Å². The second-order valence-corrected chi connectivity index (χ2v) is 7.00. The molecule has 8 heteroatoms. The summed E-state index contributed by atoms with van der Waals surface area (Å²) in [7, 11) is 3.24. The molecular formula is C20H23N5O2S. The summed E-state index contributed by atoms with van der Waals surface area (Å²) in [6, 6.07) is 13.9. The number of rotatable bonds is 8. The number of hydrogen-bond acceptors (Lipinski definition) is 7. The third kappa shape index (κ3) is 4.83. The van der Waals surface area contributed by atoms with Gasteiger partial charge in [0.15, 0.2) is 0 Å². The fourth-order valence-corrected chi connectivity index (χ4v) is 3.44. The highest BCUT2D eigenvalue weighted by atomic mass is 32.2. The Kier molecular flexibility index (Phi) is 6.54. The first kappa shape index (κ1) is 19.8. The van der Waals surface area contributed by atoms with Gasteiger partial charge in [0.1, 0.15) is 11.5 Å². The van der Waals surface area contributed by atoms with Crippen LogP contribution < -0.4 is 14.9 Å². The normalized spacial score (nSPS) is 11.4. The zero-order chi connectivity index (χ0) is 19.9. The second kappa shape index (κ2) is 9.27. The zero-order valence-corrected chi connectivity index (χ0v) is 17.1. The average molecular weight is 398 g/mol. The molecule has 0 unspecified atom stereocenters. The van der Waals surface area contributed by atoms with E-state index in [-0.39, 0.29) is 0 Å². The molecule has 3 aromatic rings. The molecule has 0 bridgehead atoms. The van der Waals surface area contributed by atoms with Crippen LogP contribution in [-0.2, 0) is 5.75 Å². The molecule has 1 heterocycles. The molecule has 0 aliphatic rings. The highest BCUT2D eigenvalue weighted by Gasteiger charge is 2.09. The molecule has 28 heavy (non-hydrogen) atoms. The Morgan fingerprint density at radius 1 is 1.18 bits per heavy atom. The summed E-state index contributed by atoms with van der Waals surface area (Å²) in [5.74, 6) is 2.72. The van der Waals surface area contributed by atoms with Crippen molar-refractivity contribution in [2.75, 3.05) is 19.6 Å². The van der Waals surface area contributed by atoms with Gasteiger partial charge in [0.2, 0.25) is 11.1 Å². The van der Waals surface area contributed by atoms with E-state index in [1.54, 1.807) is 26.0 Å². The van der Waals surface area contributed by atoms with Crippen molar-refractivity contribution in [3.05, 3.63) is 59.2 Å². The molecule has 0 spiro atoms. The van der Waals surface area contributed by atoms with Crippen molar-refractivity contribution >= 4 is 23.4 Å². The van der Waals surface area contributed by atoms with Crippen molar-refractivity contribution in [2.45, 2.75) is 24.8 Å². The topological polar surface area (TPSA) is 84.4 Å². The van der Waals surface area contributed by atoms with E-state index < -0.39 is 0 Å². The van der Waals surface area contributed by atoms with E-state index in [9.17, 15) is 0 Å². The summed E-state index contributed by atoms with van der Waals surface area (Å²) in [6.07, 6.45) is 0. The molecule has 2 N–H and O–H groups in total. The number of nitrogens with one attached hydrogen (secondary N) is 2. The van der Waals surface area contributed by atoms with E-state index >= 15 is 0 Å². The minimum atomic E-state index is 0.485. The van der Waals surface area contributed by atoms with Crippen LogP contribution in [0.15, 0.2) is 52.7 Å². The van der Waals surface area contributed by atoms with E-state index in [0.29, 0.717) is 16.9 Å². The zero-order valence-electron chi connectivity index (χ0n) is 16.3. The number of thioether (sulfide) groups is 1. The van der Waals surface area contributed by atoms with E-state index in [2.05, 4.69) is 44.8 Å². The SMILES string of the molecule is COc1ccc(/C(C)=N\Nc2nc(SCc3ccccc3C)n[nH]2)c(OC)c1. The highest BCUT2D eigenvalue weighted by molar-refractivity contribution is 7.98. The van der Waals surface area contributed by atoms with Crippen molar-refractivity contribution in [1.29, 1.82) is 0 Å². The number of H-pyrrole nitrogens is 1. The number of hydrogen-bond donors (Lipinski definition) is 2. The fourth-order valence-electron chi connectivity index (χ4n) is 2.57. The predicted molar refractivity (Wildman–Crippen MR) is 113 cm³/mol. The van der Waals surface area contributed by atoms with Crippen LogP contribution in [0.25, 0.3) is 0 Å². The molecule has 0 radical (unpaired) electrons. The molecular weight excluding hydrogens is 374 g/mol. The summed E-state index contributed by atoms with van der Waals surface area (Å²) >= 11 is 1.57. The van der Waals surface area contributed by atoms with Crippen LogP contribution in [0.3, 0.4) is 0 Å². The van der Waals surface area contributed by atoms with Crippen LogP contribution in [0.1, 0.15) is 23.6 Å². The predicted octanol–water partition coefficient (Wildman–Crippen LogP) is 4.26. The van der Waals surface area contributed by atoms with Gasteiger partial charge in [0, 0.05) is 17.4 Å². The number of benzene rings is 2. The minimum absolute atomic E-state index is 0.485. The second-order valence-electron chi connectivity index (χ2n) is 6.06. The highest BCUT2D eigenvalue weighted by Crippen LogP contribution is 2.25. The van der Waals surface area contributed by atoms with Gasteiger partial charge in [-0.25, -0.2) is 10.5 Å². The lowest BCUT2D eigenvalue weighted by Crippen LogP contribution is -2.03. The van der Waals surface area contributed by atoms with E-state index in [4.69, 9.17) is 9.47 Å². The first-order valence-electron chi connectivity index (χ1n) is 8.73. The number of nitrogens with zero attached hydrogens (tertiary/aromatic N) is 3. The number of aryl methyl sites for hydroxylation is 1. The Balaban J connectivity index is 1.64. The van der Waals surface area contributed by atoms with Crippen LogP contribution in [0.5, 0.6) is 11.5 Å². The summed E-state index contributed by atoms with van der Waals surface area (Å²) in [6.45, 7) is 3.99. The number of hydrazone groups is 1. The summed E-state index contributed by atoms with van der Waals surface area (Å²) in [5, 5.41) is 12.1. The van der Waals surface area contributed by atoms with Gasteiger partial charge in [-0.3, -0.25) is 0 Å². The van der Waals surface area contributed by atoms with Crippen LogP contribution in [0.4, 0.5) is 5.95 Å². The Hall–Kier alpha value is -3.00. The Morgan fingerprint density at radius 2 is 2.00 bits per heavy atom. The summed E-state index contributed by atoms with van der Waals surface area (Å²) < 4.78 is 10.6. The van der Waals surface area contributed by atoms with Crippen LogP contribution in [0, 0.1) is 6.92 Å². The van der Waals surface area contributed by atoms with E-state index in [0.717, 1.165) is 22.8 Å². The van der Waals surface area contributed by atoms with Gasteiger partial charge in [-0.2, -0.15) is 10.1 Å². The largest absolute Gasteiger partial charge is 0.497 e. The van der Waals surface area contributed by atoms with Gasteiger partial charge in [-0.1, -0.05) is 36.0 Å². The molecule has 0 atom stereocenters. The number of ether oxygens (including phenoxy) is 2. The molecule has 2 aromatic carbocycles. The molecule has 0 aliphatic carbocycles. The van der Waals surface area contributed by atoms with Crippen LogP contribution >= 0.6 is 11.8 Å². The fraction of sp³-hybridized carbons (Fsp3) is 0.250. The lowest BCUT2D eigenvalue weighted by atomic mass is 10.1. The Morgan fingerprint density at radius 3 is 2.75 bits per heavy atom. The number of anilines is 1. The first-order chi connectivity index (χ1) is 13.6. The smallest absolute Gasteiger partial charge is 0.240 e. The molecule has 0 amide bonds. The summed E-state index contributed by atoms with van der Waals surface area (Å²) in [5.41, 5.74) is 7.06. The molecule has 1 aromatic heterocycles. The lowest BCUT2D eigenvalue weighted by Gasteiger charge is -2.10. The molecule has 3 rings (SSSR count). The molecule has 0 aliphatic heterocycles. The van der Waals surface area contributed by atoms with Gasteiger partial charge in [-0.15, -0.1) is 5.10 Å². The van der Waals surface area contributed by atoms with Crippen molar-refractivity contribution in [3.8, 4) is 11.5 Å². The Labute approximate surface area is 168 Å². The first-order valence-corrected chi connectivity index (χ1v) is 9.71. The van der Waals surface area contributed by atoms with Crippen LogP contribution in [0.2, 0.25) is 0 Å². The molecule has 0 saturated carbocycles.